The Morgan fingerprint density at radius 1 is 1.10 bits per heavy atom. The Labute approximate surface area is 128 Å². The lowest BCUT2D eigenvalue weighted by Gasteiger charge is -2.32. The molecular weight excluding hydrogens is 256 g/mol. The normalized spacial score (nSPS) is 20.0. The van der Waals surface area contributed by atoms with Gasteiger partial charge in [-0.05, 0) is 55.7 Å². The molecule has 0 radical (unpaired) electrons. The topological polar surface area (TPSA) is 15.3 Å². The van der Waals surface area contributed by atoms with Crippen LogP contribution >= 0.6 is 0 Å². The zero-order valence-electron chi connectivity index (χ0n) is 13.0. The van der Waals surface area contributed by atoms with E-state index in [2.05, 4.69) is 59.7 Å². The van der Waals surface area contributed by atoms with Crippen LogP contribution in [0, 0.1) is 0 Å². The van der Waals surface area contributed by atoms with Crippen molar-refractivity contribution in [3.05, 3.63) is 48.0 Å². The smallest absolute Gasteiger partial charge is 0.0211 e. The molecule has 1 heterocycles. The fourth-order valence-electron chi connectivity index (χ4n) is 3.45. The Morgan fingerprint density at radius 2 is 1.95 bits per heavy atom. The van der Waals surface area contributed by atoms with E-state index in [0.29, 0.717) is 0 Å². The number of rotatable bonds is 5. The molecule has 2 heteroatoms. The minimum Gasteiger partial charge on any atom is -0.313 e. The van der Waals surface area contributed by atoms with Gasteiger partial charge >= 0.3 is 0 Å². The molecule has 1 atom stereocenters. The lowest BCUT2D eigenvalue weighted by Crippen LogP contribution is -2.38. The highest BCUT2D eigenvalue weighted by molar-refractivity contribution is 5.85. The molecule has 1 unspecified atom stereocenters. The van der Waals surface area contributed by atoms with Crippen molar-refractivity contribution in [3.63, 3.8) is 0 Å². The summed E-state index contributed by atoms with van der Waals surface area (Å²) in [6, 6.07) is 16.0. The standard InChI is InChI=1S/C19H26N2/c1-21-14-5-4-10-18(21)12-13-20-15-17-9-6-8-16-7-2-3-11-19(16)17/h2-3,6-9,11,18,20H,4-5,10,12-15H2,1H3. The monoisotopic (exact) mass is 282 g/mol. The lowest BCUT2D eigenvalue weighted by atomic mass is 10.00. The molecule has 1 N–H and O–H groups in total. The second kappa shape index (κ2) is 7.06. The molecule has 112 valence electrons. The minimum absolute atomic E-state index is 0.777. The maximum atomic E-state index is 3.64. The number of piperidine rings is 1. The van der Waals surface area contributed by atoms with Crippen molar-refractivity contribution in [3.8, 4) is 0 Å². The van der Waals surface area contributed by atoms with Gasteiger partial charge in [0, 0.05) is 12.6 Å². The summed E-state index contributed by atoms with van der Waals surface area (Å²) in [6.07, 6.45) is 5.41. The summed E-state index contributed by atoms with van der Waals surface area (Å²) in [7, 11) is 2.27. The molecule has 0 saturated carbocycles. The Bertz CT molecular complexity index is 573. The minimum atomic E-state index is 0.777. The molecule has 3 rings (SSSR count). The van der Waals surface area contributed by atoms with E-state index < -0.39 is 0 Å². The molecule has 1 fully saturated rings. The molecular formula is C19H26N2. The Kier molecular flexibility index (Phi) is 4.89. The van der Waals surface area contributed by atoms with Crippen molar-refractivity contribution in [2.24, 2.45) is 0 Å². The molecule has 0 amide bonds. The Morgan fingerprint density at radius 3 is 2.86 bits per heavy atom. The third-order valence-corrected chi connectivity index (χ3v) is 4.77. The van der Waals surface area contributed by atoms with Crippen LogP contribution in [0.5, 0.6) is 0 Å². The largest absolute Gasteiger partial charge is 0.313 e. The molecule has 21 heavy (non-hydrogen) atoms. The van der Waals surface area contributed by atoms with Gasteiger partial charge < -0.3 is 10.2 Å². The van der Waals surface area contributed by atoms with E-state index in [-0.39, 0.29) is 0 Å². The quantitative estimate of drug-likeness (QED) is 0.839. The maximum Gasteiger partial charge on any atom is 0.0211 e. The van der Waals surface area contributed by atoms with Crippen LogP contribution in [0.25, 0.3) is 10.8 Å². The third-order valence-electron chi connectivity index (χ3n) is 4.77. The highest BCUT2D eigenvalue weighted by Gasteiger charge is 2.17. The number of fused-ring (bicyclic) bond motifs is 1. The average Bonchev–Trinajstić information content (AvgIpc) is 2.53. The van der Waals surface area contributed by atoms with Gasteiger partial charge in [0.25, 0.3) is 0 Å². The van der Waals surface area contributed by atoms with Crippen LogP contribution in [0.4, 0.5) is 0 Å². The van der Waals surface area contributed by atoms with Crippen LogP contribution in [0.15, 0.2) is 42.5 Å². The van der Waals surface area contributed by atoms with Crippen molar-refractivity contribution in [1.82, 2.24) is 10.2 Å². The summed E-state index contributed by atoms with van der Waals surface area (Å²) in [4.78, 5) is 2.53. The number of likely N-dealkylation sites (tertiary alicyclic amines) is 1. The van der Waals surface area contributed by atoms with Gasteiger partial charge in [0.1, 0.15) is 0 Å². The SMILES string of the molecule is CN1CCCCC1CCNCc1cccc2ccccc12. The predicted octanol–water partition coefficient (Wildman–Crippen LogP) is 3.80. The van der Waals surface area contributed by atoms with Crippen LogP contribution < -0.4 is 5.32 Å². The number of benzene rings is 2. The first-order valence-corrected chi connectivity index (χ1v) is 8.22. The first-order valence-electron chi connectivity index (χ1n) is 8.22. The maximum absolute atomic E-state index is 3.64. The van der Waals surface area contributed by atoms with Gasteiger partial charge in [-0.1, -0.05) is 48.9 Å². The van der Waals surface area contributed by atoms with E-state index in [4.69, 9.17) is 0 Å². The first kappa shape index (κ1) is 14.6. The number of hydrogen-bond donors (Lipinski definition) is 1. The fourth-order valence-corrected chi connectivity index (χ4v) is 3.45. The van der Waals surface area contributed by atoms with Crippen LogP contribution in [0.1, 0.15) is 31.2 Å². The molecule has 1 aliphatic rings. The van der Waals surface area contributed by atoms with E-state index >= 15 is 0 Å². The molecule has 2 nitrogen and oxygen atoms in total. The fraction of sp³-hybridized carbons (Fsp3) is 0.474. The van der Waals surface area contributed by atoms with E-state index in [1.54, 1.807) is 0 Å². The summed E-state index contributed by atoms with van der Waals surface area (Å²) in [5, 5.41) is 6.35. The molecule has 1 saturated heterocycles. The van der Waals surface area contributed by atoms with E-state index in [9.17, 15) is 0 Å². The summed E-state index contributed by atoms with van der Waals surface area (Å²) in [6.45, 7) is 3.35. The van der Waals surface area contributed by atoms with Crippen molar-refractivity contribution in [2.45, 2.75) is 38.3 Å². The molecule has 0 spiro atoms. The van der Waals surface area contributed by atoms with Gasteiger partial charge in [0.2, 0.25) is 0 Å². The van der Waals surface area contributed by atoms with Crippen molar-refractivity contribution in [2.75, 3.05) is 20.1 Å². The second-order valence-electron chi connectivity index (χ2n) is 6.23. The van der Waals surface area contributed by atoms with E-state index in [1.807, 2.05) is 0 Å². The summed E-state index contributed by atoms with van der Waals surface area (Å²) >= 11 is 0. The molecule has 0 bridgehead atoms. The third kappa shape index (κ3) is 3.63. The zero-order chi connectivity index (χ0) is 14.5. The van der Waals surface area contributed by atoms with Crippen molar-refractivity contribution >= 4 is 10.8 Å². The Balaban J connectivity index is 1.52. The number of hydrogen-bond acceptors (Lipinski definition) is 2. The summed E-state index contributed by atoms with van der Waals surface area (Å²) in [5.41, 5.74) is 1.41. The van der Waals surface area contributed by atoms with Gasteiger partial charge in [0.15, 0.2) is 0 Å². The second-order valence-corrected chi connectivity index (χ2v) is 6.23. The van der Waals surface area contributed by atoms with E-state index in [0.717, 1.165) is 19.1 Å². The van der Waals surface area contributed by atoms with Crippen LogP contribution in [0.2, 0.25) is 0 Å². The van der Waals surface area contributed by atoms with Crippen LogP contribution in [-0.2, 0) is 6.54 Å². The number of nitrogens with one attached hydrogen (secondary N) is 1. The predicted molar refractivity (Wildman–Crippen MR) is 90.5 cm³/mol. The zero-order valence-corrected chi connectivity index (χ0v) is 13.0. The van der Waals surface area contributed by atoms with Gasteiger partial charge in [0.05, 0.1) is 0 Å². The van der Waals surface area contributed by atoms with Crippen LogP contribution in [-0.4, -0.2) is 31.1 Å². The summed E-state index contributed by atoms with van der Waals surface area (Å²) in [5.74, 6) is 0. The van der Waals surface area contributed by atoms with Gasteiger partial charge in [-0.15, -0.1) is 0 Å². The van der Waals surface area contributed by atoms with Gasteiger partial charge in [-0.3, -0.25) is 0 Å². The van der Waals surface area contributed by atoms with Crippen LogP contribution in [0.3, 0.4) is 0 Å². The van der Waals surface area contributed by atoms with E-state index in [1.165, 1.54) is 48.6 Å². The molecule has 0 aliphatic carbocycles. The highest BCUT2D eigenvalue weighted by Crippen LogP contribution is 2.19. The first-order chi connectivity index (χ1) is 10.3. The summed E-state index contributed by atoms with van der Waals surface area (Å²) < 4.78 is 0. The average molecular weight is 282 g/mol. The molecule has 2 aromatic rings. The molecule has 1 aliphatic heterocycles. The highest BCUT2D eigenvalue weighted by atomic mass is 15.1. The van der Waals surface area contributed by atoms with Crippen molar-refractivity contribution in [1.29, 1.82) is 0 Å². The lowest BCUT2D eigenvalue weighted by molar-refractivity contribution is 0.175. The van der Waals surface area contributed by atoms with Gasteiger partial charge in [-0.2, -0.15) is 0 Å². The Hall–Kier alpha value is -1.38. The van der Waals surface area contributed by atoms with Gasteiger partial charge in [-0.25, -0.2) is 0 Å². The van der Waals surface area contributed by atoms with Crippen molar-refractivity contribution < 1.29 is 0 Å². The molecule has 2 aromatic carbocycles. The molecule has 0 aromatic heterocycles. The number of nitrogens with zero attached hydrogens (tertiary/aromatic N) is 1.